The SMILES string of the molecule is C#CCC(O)c1cc(OC)c(OC)cc1Br. The summed E-state index contributed by atoms with van der Waals surface area (Å²) >= 11 is 3.36. The van der Waals surface area contributed by atoms with Gasteiger partial charge in [0.1, 0.15) is 0 Å². The Morgan fingerprint density at radius 3 is 2.44 bits per heavy atom. The smallest absolute Gasteiger partial charge is 0.161 e. The number of aliphatic hydroxyl groups excluding tert-OH is 1. The molecule has 0 aliphatic carbocycles. The van der Waals surface area contributed by atoms with Crippen LogP contribution < -0.4 is 9.47 Å². The Morgan fingerprint density at radius 1 is 1.38 bits per heavy atom. The summed E-state index contributed by atoms with van der Waals surface area (Å²) in [5.74, 6) is 3.59. The number of methoxy groups -OCH3 is 2. The Kier molecular flexibility index (Phi) is 4.66. The van der Waals surface area contributed by atoms with E-state index in [1.165, 1.54) is 0 Å². The third-order valence-corrected chi connectivity index (χ3v) is 2.86. The highest BCUT2D eigenvalue weighted by atomic mass is 79.9. The van der Waals surface area contributed by atoms with E-state index in [0.717, 1.165) is 4.47 Å². The Morgan fingerprint density at radius 2 is 1.94 bits per heavy atom. The summed E-state index contributed by atoms with van der Waals surface area (Å²) in [6.45, 7) is 0. The van der Waals surface area contributed by atoms with E-state index in [-0.39, 0.29) is 6.42 Å². The molecule has 1 rings (SSSR count). The van der Waals surface area contributed by atoms with Crippen LogP contribution in [0.1, 0.15) is 18.1 Å². The van der Waals surface area contributed by atoms with Gasteiger partial charge in [0.05, 0.1) is 20.3 Å². The summed E-state index contributed by atoms with van der Waals surface area (Å²) in [6.07, 6.45) is 4.71. The van der Waals surface area contributed by atoms with Crippen molar-refractivity contribution < 1.29 is 14.6 Å². The molecule has 1 N–H and O–H groups in total. The van der Waals surface area contributed by atoms with E-state index in [0.29, 0.717) is 17.1 Å². The second-order valence-corrected chi connectivity index (χ2v) is 4.01. The molecule has 1 aromatic carbocycles. The molecule has 0 saturated carbocycles. The molecule has 0 fully saturated rings. The molecule has 86 valence electrons. The third kappa shape index (κ3) is 2.69. The Labute approximate surface area is 104 Å². The van der Waals surface area contributed by atoms with Gasteiger partial charge in [-0.2, -0.15) is 0 Å². The second-order valence-electron chi connectivity index (χ2n) is 3.15. The molecular weight excluding hydrogens is 272 g/mol. The van der Waals surface area contributed by atoms with Crippen LogP contribution in [0.3, 0.4) is 0 Å². The summed E-state index contributed by atoms with van der Waals surface area (Å²) in [7, 11) is 3.10. The van der Waals surface area contributed by atoms with E-state index in [9.17, 15) is 5.11 Å². The fraction of sp³-hybridized carbons (Fsp3) is 0.333. The van der Waals surface area contributed by atoms with E-state index in [2.05, 4.69) is 21.9 Å². The van der Waals surface area contributed by atoms with Crippen LogP contribution in [-0.2, 0) is 0 Å². The van der Waals surface area contributed by atoms with Crippen molar-refractivity contribution in [2.75, 3.05) is 14.2 Å². The number of benzene rings is 1. The first-order chi connectivity index (χ1) is 7.63. The minimum atomic E-state index is -0.709. The quantitative estimate of drug-likeness (QED) is 0.864. The van der Waals surface area contributed by atoms with E-state index >= 15 is 0 Å². The molecule has 0 aliphatic rings. The minimum absolute atomic E-state index is 0.258. The van der Waals surface area contributed by atoms with Gasteiger partial charge in [0.2, 0.25) is 0 Å². The third-order valence-electron chi connectivity index (χ3n) is 2.17. The molecule has 0 aromatic heterocycles. The molecule has 3 nitrogen and oxygen atoms in total. The van der Waals surface area contributed by atoms with Gasteiger partial charge in [-0.05, 0) is 17.7 Å². The summed E-state index contributed by atoms with van der Waals surface area (Å²) in [5, 5.41) is 9.82. The van der Waals surface area contributed by atoms with Crippen molar-refractivity contribution in [3.63, 3.8) is 0 Å². The number of rotatable bonds is 4. The fourth-order valence-electron chi connectivity index (χ4n) is 1.35. The van der Waals surface area contributed by atoms with Crippen LogP contribution in [-0.4, -0.2) is 19.3 Å². The van der Waals surface area contributed by atoms with Gasteiger partial charge in [-0.25, -0.2) is 0 Å². The van der Waals surface area contributed by atoms with Crippen molar-refractivity contribution in [2.24, 2.45) is 0 Å². The Bertz CT molecular complexity index is 409. The van der Waals surface area contributed by atoms with Gasteiger partial charge in [0, 0.05) is 10.9 Å². The lowest BCUT2D eigenvalue weighted by Crippen LogP contribution is -2.00. The molecule has 0 spiro atoms. The first-order valence-corrected chi connectivity index (χ1v) is 5.46. The molecule has 0 saturated heterocycles. The van der Waals surface area contributed by atoms with Crippen molar-refractivity contribution in [1.82, 2.24) is 0 Å². The monoisotopic (exact) mass is 284 g/mol. The number of halogens is 1. The van der Waals surface area contributed by atoms with E-state index < -0.39 is 6.10 Å². The van der Waals surface area contributed by atoms with Gasteiger partial charge in [-0.15, -0.1) is 12.3 Å². The molecule has 1 aromatic rings. The predicted octanol–water partition coefficient (Wildman–Crippen LogP) is 2.52. The van der Waals surface area contributed by atoms with Crippen molar-refractivity contribution in [3.05, 3.63) is 22.2 Å². The van der Waals surface area contributed by atoms with Crippen molar-refractivity contribution in [3.8, 4) is 23.8 Å². The van der Waals surface area contributed by atoms with Crippen LogP contribution >= 0.6 is 15.9 Å². The lowest BCUT2D eigenvalue weighted by Gasteiger charge is -2.14. The highest BCUT2D eigenvalue weighted by Crippen LogP contribution is 2.36. The van der Waals surface area contributed by atoms with Gasteiger partial charge in [0.15, 0.2) is 11.5 Å². The zero-order chi connectivity index (χ0) is 12.1. The first-order valence-electron chi connectivity index (χ1n) is 4.67. The van der Waals surface area contributed by atoms with E-state index in [1.54, 1.807) is 26.4 Å². The van der Waals surface area contributed by atoms with Gasteiger partial charge in [0.25, 0.3) is 0 Å². The standard InChI is InChI=1S/C12H13BrO3/c1-4-5-10(14)8-6-11(15-2)12(16-3)7-9(8)13/h1,6-7,10,14H,5H2,2-3H3. The zero-order valence-corrected chi connectivity index (χ0v) is 10.7. The van der Waals surface area contributed by atoms with Crippen LogP contribution in [0.25, 0.3) is 0 Å². The molecular formula is C12H13BrO3. The number of ether oxygens (including phenoxy) is 2. The van der Waals surface area contributed by atoms with Crippen molar-refractivity contribution in [1.29, 1.82) is 0 Å². The number of terminal acetylenes is 1. The second kappa shape index (κ2) is 5.78. The zero-order valence-electron chi connectivity index (χ0n) is 9.16. The van der Waals surface area contributed by atoms with Crippen LogP contribution in [0.5, 0.6) is 11.5 Å². The van der Waals surface area contributed by atoms with Gasteiger partial charge in [-0.3, -0.25) is 0 Å². The van der Waals surface area contributed by atoms with Crippen LogP contribution in [0, 0.1) is 12.3 Å². The normalized spacial score (nSPS) is 11.7. The van der Waals surface area contributed by atoms with Crippen LogP contribution in [0.4, 0.5) is 0 Å². The fourth-order valence-corrected chi connectivity index (χ4v) is 1.93. The molecule has 1 atom stereocenters. The number of hydrogen-bond donors (Lipinski definition) is 1. The van der Waals surface area contributed by atoms with Crippen LogP contribution in [0.2, 0.25) is 0 Å². The highest BCUT2D eigenvalue weighted by Gasteiger charge is 2.15. The van der Waals surface area contributed by atoms with Crippen molar-refractivity contribution >= 4 is 15.9 Å². The average Bonchev–Trinajstić information content (AvgIpc) is 2.28. The van der Waals surface area contributed by atoms with Gasteiger partial charge in [-0.1, -0.05) is 15.9 Å². The highest BCUT2D eigenvalue weighted by molar-refractivity contribution is 9.10. The maximum absolute atomic E-state index is 9.82. The molecule has 0 aliphatic heterocycles. The minimum Gasteiger partial charge on any atom is -0.493 e. The van der Waals surface area contributed by atoms with Gasteiger partial charge >= 0.3 is 0 Å². The first kappa shape index (κ1) is 12.9. The lowest BCUT2D eigenvalue weighted by atomic mass is 10.1. The Balaban J connectivity index is 3.16. The summed E-state index contributed by atoms with van der Waals surface area (Å²) in [4.78, 5) is 0. The summed E-state index contributed by atoms with van der Waals surface area (Å²) in [5.41, 5.74) is 0.690. The molecule has 0 radical (unpaired) electrons. The molecule has 16 heavy (non-hydrogen) atoms. The summed E-state index contributed by atoms with van der Waals surface area (Å²) in [6, 6.07) is 3.46. The van der Waals surface area contributed by atoms with Crippen LogP contribution in [0.15, 0.2) is 16.6 Å². The molecule has 0 heterocycles. The topological polar surface area (TPSA) is 38.7 Å². The van der Waals surface area contributed by atoms with Gasteiger partial charge < -0.3 is 14.6 Å². The predicted molar refractivity (Wildman–Crippen MR) is 65.7 cm³/mol. The molecule has 0 amide bonds. The molecule has 0 bridgehead atoms. The van der Waals surface area contributed by atoms with E-state index in [4.69, 9.17) is 15.9 Å². The molecule has 4 heteroatoms. The van der Waals surface area contributed by atoms with Crippen molar-refractivity contribution in [2.45, 2.75) is 12.5 Å². The lowest BCUT2D eigenvalue weighted by molar-refractivity contribution is 0.182. The maximum Gasteiger partial charge on any atom is 0.161 e. The average molecular weight is 285 g/mol. The number of hydrogen-bond acceptors (Lipinski definition) is 3. The largest absolute Gasteiger partial charge is 0.493 e. The van der Waals surface area contributed by atoms with E-state index in [1.807, 2.05) is 0 Å². The Hall–Kier alpha value is -1.18. The summed E-state index contributed by atoms with van der Waals surface area (Å²) < 4.78 is 11.0. The molecule has 1 unspecified atom stereocenters. The number of aliphatic hydroxyl groups is 1. The maximum atomic E-state index is 9.82.